The van der Waals surface area contributed by atoms with Gasteiger partial charge in [-0.2, -0.15) is 0 Å². The number of unbranched alkanes of at least 4 members (excludes halogenated alkanes) is 1. The molecule has 0 radical (unpaired) electrons. The molecule has 6 rings (SSSR count). The van der Waals surface area contributed by atoms with Gasteiger partial charge in [0.25, 0.3) is 0 Å². The zero-order valence-electron chi connectivity index (χ0n) is 39.9. The molecule has 0 aliphatic carbocycles. The number of aryl methyl sites for hydroxylation is 2. The van der Waals surface area contributed by atoms with Gasteiger partial charge in [0.2, 0.25) is 35.4 Å². The van der Waals surface area contributed by atoms with Crippen LogP contribution >= 0.6 is 22.9 Å². The van der Waals surface area contributed by atoms with Gasteiger partial charge >= 0.3 is 0 Å². The predicted molar refractivity (Wildman–Crippen MR) is 261 cm³/mol. The fourth-order valence-corrected chi connectivity index (χ4v) is 10.6. The number of aliphatic hydroxyl groups is 1. The quantitative estimate of drug-likeness (QED) is 0.0854. The van der Waals surface area contributed by atoms with Gasteiger partial charge in [0.05, 0.1) is 45.3 Å². The summed E-state index contributed by atoms with van der Waals surface area (Å²) in [6.07, 6.45) is 5.68. The number of aromatic nitrogens is 1. The Morgan fingerprint density at radius 2 is 1.68 bits per heavy atom. The van der Waals surface area contributed by atoms with Crippen molar-refractivity contribution in [3.8, 4) is 16.2 Å². The lowest BCUT2D eigenvalue weighted by atomic mass is 9.85. The molecular formula is C50H69ClN8O8S. The Labute approximate surface area is 408 Å². The third-order valence-corrected chi connectivity index (χ3v) is 14.8. The highest BCUT2D eigenvalue weighted by Crippen LogP contribution is 2.34. The molecule has 2 aromatic carbocycles. The van der Waals surface area contributed by atoms with Crippen molar-refractivity contribution in [3.05, 3.63) is 69.8 Å². The van der Waals surface area contributed by atoms with Gasteiger partial charge in [0.1, 0.15) is 30.5 Å². The molecule has 8 N–H and O–H groups in total. The first-order valence-electron chi connectivity index (χ1n) is 24.0. The van der Waals surface area contributed by atoms with Crippen LogP contribution in [0.2, 0.25) is 5.02 Å². The number of hydrogen-bond acceptors (Lipinski definition) is 11. The molecule has 8 atom stereocenters. The van der Waals surface area contributed by atoms with Crippen molar-refractivity contribution in [1.82, 2.24) is 30.7 Å². The van der Waals surface area contributed by atoms with Crippen LogP contribution < -0.4 is 32.2 Å². The number of ether oxygens (including phenoxy) is 1. The number of aliphatic hydroxyl groups excluding tert-OH is 1. The average molecular weight is 978 g/mol. The maximum absolute atomic E-state index is 14.2. The Morgan fingerprint density at radius 1 is 0.956 bits per heavy atom. The van der Waals surface area contributed by atoms with Crippen molar-refractivity contribution in [1.29, 1.82) is 0 Å². The van der Waals surface area contributed by atoms with Gasteiger partial charge in [0.15, 0.2) is 0 Å². The van der Waals surface area contributed by atoms with Gasteiger partial charge < -0.3 is 47.1 Å². The zero-order valence-corrected chi connectivity index (χ0v) is 41.5. The maximum Gasteiger partial charge on any atom is 0.246 e. The molecule has 68 heavy (non-hydrogen) atoms. The fourth-order valence-electron chi connectivity index (χ4n) is 9.53. The van der Waals surface area contributed by atoms with Crippen molar-refractivity contribution < 1.29 is 38.6 Å². The number of β-amino-alcohol motifs (C(OH)–C–C–N with tert-alkyl or cyclic N) is 1. The fraction of sp³-hybridized carbons (Fsp3) is 0.580. The van der Waals surface area contributed by atoms with Crippen molar-refractivity contribution >= 4 is 58.4 Å². The molecule has 3 aliphatic heterocycles. The Morgan fingerprint density at radius 3 is 2.37 bits per heavy atom. The number of benzene rings is 2. The van der Waals surface area contributed by atoms with E-state index >= 15 is 0 Å². The number of rotatable bonds is 19. The lowest BCUT2D eigenvalue weighted by Crippen LogP contribution is -2.57. The Hall–Kier alpha value is -5.10. The molecule has 3 unspecified atom stereocenters. The van der Waals surface area contributed by atoms with Crippen molar-refractivity contribution in [2.75, 3.05) is 13.2 Å². The van der Waals surface area contributed by atoms with Crippen LogP contribution in [-0.2, 0) is 35.2 Å². The summed E-state index contributed by atoms with van der Waals surface area (Å²) < 4.78 is 6.15. The third kappa shape index (κ3) is 13.4. The second-order valence-electron chi connectivity index (χ2n) is 19.7. The van der Waals surface area contributed by atoms with Gasteiger partial charge in [-0.25, -0.2) is 4.98 Å². The normalized spacial score (nSPS) is 22.1. The molecule has 3 fully saturated rings. The molecule has 18 heteroatoms. The first-order valence-corrected chi connectivity index (χ1v) is 25.2. The van der Waals surface area contributed by atoms with E-state index in [9.17, 15) is 33.9 Å². The number of likely N-dealkylation sites (tertiary alicyclic amines) is 1. The maximum atomic E-state index is 14.2. The summed E-state index contributed by atoms with van der Waals surface area (Å²) in [4.78, 5) is 88.5. The molecule has 370 valence electrons. The van der Waals surface area contributed by atoms with E-state index < -0.39 is 53.5 Å². The van der Waals surface area contributed by atoms with E-state index in [0.717, 1.165) is 52.9 Å². The zero-order chi connectivity index (χ0) is 49.3. The standard InChI is InChI=1S/C50H69ClN8O8S/c1-29(31-17-19-33(20-18-31)44-30(2)54-28-68-44)55-47(64)39-25-36(60)26-58(39)49(66)45(50(3,4)5)57-42(62)16-9-6-11-32-12-10-15-40(43(32)51)67-27-34(21-24-41(53)61)56-46(63)38-23-22-35-13-7-8-14-37(52)48(65)59(35)38/h10,12,15,17-20,28-29,34-39,45,60H,6-9,11,13-14,16,21-27,52H2,1-5H3,(H2,53,61)(H,55,64)(H,56,63)(H,57,62)/t29?,34?,35-,36+,37-,38-,39-,45?/m0/s1. The number of primary amides is 1. The van der Waals surface area contributed by atoms with Crippen LogP contribution in [0.3, 0.4) is 0 Å². The first-order chi connectivity index (χ1) is 32.3. The molecule has 3 aliphatic rings. The number of carbonyl (C=O) groups is 6. The van der Waals surface area contributed by atoms with E-state index in [2.05, 4.69) is 20.9 Å². The number of carbonyl (C=O) groups excluding carboxylic acids is 6. The summed E-state index contributed by atoms with van der Waals surface area (Å²) in [5, 5.41) is 20.1. The highest BCUT2D eigenvalue weighted by Gasteiger charge is 2.45. The SMILES string of the molecule is Cc1ncsc1-c1ccc(C(C)NC(=O)[C@@H]2C[C@@H](O)CN2C(=O)C(NC(=O)CCCCc2cccc(OCC(CCC(N)=O)NC(=O)[C@@H]3CC[C@@H]4CCCC[C@H](N)C(=O)N43)c2Cl)C(C)(C)C)cc1. The van der Waals surface area contributed by atoms with Crippen LogP contribution in [0, 0.1) is 12.3 Å². The highest BCUT2D eigenvalue weighted by atomic mass is 35.5. The molecule has 16 nitrogen and oxygen atoms in total. The van der Waals surface area contributed by atoms with Crippen LogP contribution in [0.1, 0.15) is 128 Å². The van der Waals surface area contributed by atoms with Crippen molar-refractivity contribution in [3.63, 3.8) is 0 Å². The van der Waals surface area contributed by atoms with Crippen LogP contribution in [0.5, 0.6) is 5.75 Å². The van der Waals surface area contributed by atoms with E-state index in [1.165, 1.54) is 4.90 Å². The van der Waals surface area contributed by atoms with E-state index in [1.54, 1.807) is 28.4 Å². The number of thiazole rings is 1. The monoisotopic (exact) mass is 976 g/mol. The van der Waals surface area contributed by atoms with Gasteiger partial charge in [-0.1, -0.05) is 81.6 Å². The summed E-state index contributed by atoms with van der Waals surface area (Å²) in [5.74, 6) is -1.77. The molecule has 3 saturated heterocycles. The topological polar surface area (TPSA) is 239 Å². The summed E-state index contributed by atoms with van der Waals surface area (Å²) in [6.45, 7) is 9.36. The molecule has 6 amide bonds. The van der Waals surface area contributed by atoms with Crippen molar-refractivity contribution in [2.45, 2.75) is 166 Å². The summed E-state index contributed by atoms with van der Waals surface area (Å²) >= 11 is 8.41. The summed E-state index contributed by atoms with van der Waals surface area (Å²) in [7, 11) is 0. The van der Waals surface area contributed by atoms with E-state index in [4.69, 9.17) is 27.8 Å². The average Bonchev–Trinajstić information content (AvgIpc) is 4.04. The Bertz CT molecular complexity index is 2270. The Balaban J connectivity index is 0.997. The molecule has 0 spiro atoms. The second-order valence-corrected chi connectivity index (χ2v) is 21.0. The summed E-state index contributed by atoms with van der Waals surface area (Å²) in [6, 6.07) is 9.16. The van der Waals surface area contributed by atoms with Gasteiger partial charge in [-0.15, -0.1) is 11.3 Å². The van der Waals surface area contributed by atoms with Crippen molar-refractivity contribution in [2.24, 2.45) is 16.9 Å². The van der Waals surface area contributed by atoms with Gasteiger partial charge in [-0.05, 0) is 93.4 Å². The van der Waals surface area contributed by atoms with Crippen LogP contribution in [0.15, 0.2) is 48.0 Å². The van der Waals surface area contributed by atoms with E-state index in [1.807, 2.05) is 70.5 Å². The Kier molecular flexibility index (Phi) is 18.0. The van der Waals surface area contributed by atoms with Crippen LogP contribution in [0.4, 0.5) is 0 Å². The van der Waals surface area contributed by atoms with E-state index in [-0.39, 0.29) is 74.5 Å². The van der Waals surface area contributed by atoms with Gasteiger partial charge in [-0.3, -0.25) is 28.8 Å². The molecule has 0 bridgehead atoms. The number of nitrogens with one attached hydrogen (secondary N) is 3. The molecular weight excluding hydrogens is 908 g/mol. The van der Waals surface area contributed by atoms with Crippen LogP contribution in [0.25, 0.3) is 10.4 Å². The number of nitrogens with zero attached hydrogens (tertiary/aromatic N) is 3. The number of fused-ring (bicyclic) bond motifs is 1. The number of halogens is 1. The minimum absolute atomic E-state index is 0.00370. The molecule has 3 aromatic rings. The smallest absolute Gasteiger partial charge is 0.246 e. The lowest BCUT2D eigenvalue weighted by Gasteiger charge is -2.35. The molecule has 4 heterocycles. The molecule has 0 saturated carbocycles. The third-order valence-electron chi connectivity index (χ3n) is 13.4. The largest absolute Gasteiger partial charge is 0.490 e. The minimum atomic E-state index is -0.953. The van der Waals surface area contributed by atoms with Crippen LogP contribution in [-0.4, -0.2) is 111 Å². The van der Waals surface area contributed by atoms with Gasteiger partial charge in [0, 0.05) is 31.8 Å². The number of hydrogen-bond donors (Lipinski definition) is 6. The molecule has 1 aromatic heterocycles. The number of amides is 6. The summed E-state index contributed by atoms with van der Waals surface area (Å²) in [5.41, 5.74) is 16.4. The second kappa shape index (κ2) is 23.5. The number of nitrogens with two attached hydrogens (primary N) is 2. The predicted octanol–water partition coefficient (Wildman–Crippen LogP) is 5.24. The lowest BCUT2D eigenvalue weighted by molar-refractivity contribution is -0.144. The first kappa shape index (κ1) is 52.3. The van der Waals surface area contributed by atoms with E-state index in [0.29, 0.717) is 42.9 Å². The highest BCUT2D eigenvalue weighted by molar-refractivity contribution is 7.13. The minimum Gasteiger partial charge on any atom is -0.490 e.